The van der Waals surface area contributed by atoms with Gasteiger partial charge in [0.25, 0.3) is 0 Å². The standard InChI is InChI=1S/C33H41FN4O3/c1-8-21-24(25(20(7)39)15-41-33(21)40)12-16(3)32-22(9-2)30-28(37-19(6)27(36)13-17(4)35)11-10-23-18(5)26(34)14-29(38-32)31(23)30/h12,14,21,27-28,37H,4,6,8-11,13,15,35-36H2,1-3,5,7H3/b16-12+. The minimum atomic E-state index is -0.537. The highest BCUT2D eigenvalue weighted by atomic mass is 19.1. The molecule has 0 spiro atoms. The van der Waals surface area contributed by atoms with Crippen molar-refractivity contribution in [3.8, 4) is 0 Å². The van der Waals surface area contributed by atoms with Gasteiger partial charge in [0.05, 0.1) is 23.2 Å². The largest absolute Gasteiger partial charge is 0.460 e. The summed E-state index contributed by atoms with van der Waals surface area (Å²) < 4.78 is 20.4. The van der Waals surface area contributed by atoms with Crippen LogP contribution in [-0.4, -0.2) is 29.4 Å². The minimum Gasteiger partial charge on any atom is -0.460 e. The molecule has 8 heteroatoms. The number of aromatic nitrogens is 1. The van der Waals surface area contributed by atoms with E-state index in [1.165, 1.54) is 13.0 Å². The van der Waals surface area contributed by atoms with E-state index in [-0.39, 0.29) is 30.2 Å². The number of halogens is 1. The van der Waals surface area contributed by atoms with Crippen LogP contribution >= 0.6 is 0 Å². The fourth-order valence-electron chi connectivity index (χ4n) is 6.18. The number of rotatable bonds is 10. The SMILES string of the molecule is C=C(N)CC(N)C(=C)NC1CCc2c(C)c(F)cc3nc(/C(C)=C/C4=C(C(C)=O)COC(=O)C4CC)c(CC)c1c23. The summed E-state index contributed by atoms with van der Waals surface area (Å²) in [5.74, 6) is -1.29. The summed E-state index contributed by atoms with van der Waals surface area (Å²) in [5, 5.41) is 4.51. The second-order valence-corrected chi connectivity index (χ2v) is 11.2. The van der Waals surface area contributed by atoms with E-state index in [1.807, 2.05) is 26.8 Å². The molecular formula is C33H41FN4O3. The molecule has 4 rings (SSSR count). The first kappa shape index (κ1) is 30.2. The molecule has 3 atom stereocenters. The van der Waals surface area contributed by atoms with Gasteiger partial charge in [-0.25, -0.2) is 9.37 Å². The van der Waals surface area contributed by atoms with E-state index < -0.39 is 12.0 Å². The molecule has 1 aliphatic heterocycles. The molecule has 0 radical (unpaired) electrons. The van der Waals surface area contributed by atoms with E-state index in [0.717, 1.165) is 34.1 Å². The van der Waals surface area contributed by atoms with Crippen LogP contribution in [0.25, 0.3) is 16.5 Å². The van der Waals surface area contributed by atoms with Crippen molar-refractivity contribution >= 4 is 28.2 Å². The molecule has 1 aliphatic carbocycles. The van der Waals surface area contributed by atoms with Crippen molar-refractivity contribution in [3.63, 3.8) is 0 Å². The smallest absolute Gasteiger partial charge is 0.313 e. The Morgan fingerprint density at radius 1 is 1.32 bits per heavy atom. The molecule has 3 unspecified atom stereocenters. The molecular weight excluding hydrogens is 519 g/mol. The van der Waals surface area contributed by atoms with Gasteiger partial charge in [-0.1, -0.05) is 33.1 Å². The van der Waals surface area contributed by atoms with Crippen molar-refractivity contribution < 1.29 is 18.7 Å². The first-order valence-electron chi connectivity index (χ1n) is 14.3. The highest BCUT2D eigenvalue weighted by Gasteiger charge is 2.33. The van der Waals surface area contributed by atoms with Gasteiger partial charge in [-0.2, -0.15) is 0 Å². The number of benzene rings is 1. The first-order valence-corrected chi connectivity index (χ1v) is 14.3. The molecule has 7 nitrogen and oxygen atoms in total. The van der Waals surface area contributed by atoms with Crippen molar-refractivity contribution in [1.29, 1.82) is 0 Å². The van der Waals surface area contributed by atoms with Gasteiger partial charge in [-0.15, -0.1) is 0 Å². The third-order valence-electron chi connectivity index (χ3n) is 8.37. The van der Waals surface area contributed by atoms with Crippen LogP contribution in [0.3, 0.4) is 0 Å². The minimum absolute atomic E-state index is 0.0434. The van der Waals surface area contributed by atoms with Crippen LogP contribution in [0.1, 0.15) is 80.9 Å². The maximum atomic E-state index is 15.1. The molecule has 5 N–H and O–H groups in total. The van der Waals surface area contributed by atoms with E-state index in [4.69, 9.17) is 21.2 Å². The number of nitrogens with one attached hydrogen (secondary N) is 1. The molecule has 0 fully saturated rings. The molecule has 2 aliphatic rings. The van der Waals surface area contributed by atoms with Crippen LogP contribution in [0.2, 0.25) is 0 Å². The summed E-state index contributed by atoms with van der Waals surface area (Å²) in [6.07, 6.45) is 4.89. The Balaban J connectivity index is 1.95. The van der Waals surface area contributed by atoms with E-state index in [0.29, 0.717) is 65.0 Å². The van der Waals surface area contributed by atoms with Crippen molar-refractivity contribution in [2.75, 3.05) is 6.61 Å². The fourth-order valence-corrected chi connectivity index (χ4v) is 6.18. The maximum absolute atomic E-state index is 15.1. The monoisotopic (exact) mass is 560 g/mol. The zero-order valence-corrected chi connectivity index (χ0v) is 24.7. The first-order chi connectivity index (χ1) is 19.4. The molecule has 0 saturated carbocycles. The van der Waals surface area contributed by atoms with E-state index in [9.17, 15) is 9.59 Å². The summed E-state index contributed by atoms with van der Waals surface area (Å²) in [5.41, 5.74) is 20.2. The summed E-state index contributed by atoms with van der Waals surface area (Å²) in [6, 6.07) is 0.979. The Bertz CT molecular complexity index is 1520. The molecule has 0 amide bonds. The maximum Gasteiger partial charge on any atom is 0.313 e. The molecule has 218 valence electrons. The number of nitrogens with zero attached hydrogens (tertiary/aromatic N) is 1. The Hall–Kier alpha value is -3.78. The predicted octanol–water partition coefficient (Wildman–Crippen LogP) is 5.40. The summed E-state index contributed by atoms with van der Waals surface area (Å²) in [7, 11) is 0. The average Bonchev–Trinajstić information content (AvgIpc) is 2.91. The number of carbonyl (C=O) groups is 2. The Labute approximate surface area is 241 Å². The van der Waals surface area contributed by atoms with Crippen LogP contribution < -0.4 is 16.8 Å². The predicted molar refractivity (Wildman–Crippen MR) is 161 cm³/mol. The molecule has 0 saturated heterocycles. The number of Topliss-reactive ketones (excluding diaryl/α,β-unsaturated/α-hetero) is 1. The van der Waals surface area contributed by atoms with Crippen LogP contribution in [-0.2, 0) is 27.2 Å². The number of pyridine rings is 1. The average molecular weight is 561 g/mol. The number of nitrogens with two attached hydrogens (primary N) is 2. The lowest BCUT2D eigenvalue weighted by atomic mass is 9.80. The number of allylic oxidation sites excluding steroid dienone is 2. The summed E-state index contributed by atoms with van der Waals surface area (Å²) in [4.78, 5) is 30.1. The van der Waals surface area contributed by atoms with E-state index >= 15 is 4.39 Å². The van der Waals surface area contributed by atoms with Crippen LogP contribution in [0, 0.1) is 18.7 Å². The lowest BCUT2D eigenvalue weighted by Gasteiger charge is -2.33. The van der Waals surface area contributed by atoms with Crippen molar-refractivity contribution in [3.05, 3.63) is 81.6 Å². The molecule has 2 aromatic rings. The third-order valence-corrected chi connectivity index (χ3v) is 8.37. The van der Waals surface area contributed by atoms with Crippen LogP contribution in [0.5, 0.6) is 0 Å². The quantitative estimate of drug-likeness (QED) is 0.333. The molecule has 2 heterocycles. The Kier molecular flexibility index (Phi) is 8.83. The fraction of sp³-hybridized carbons (Fsp3) is 0.424. The van der Waals surface area contributed by atoms with Crippen molar-refractivity contribution in [1.82, 2.24) is 10.3 Å². The van der Waals surface area contributed by atoms with Gasteiger partial charge >= 0.3 is 5.97 Å². The molecule has 0 bridgehead atoms. The van der Waals surface area contributed by atoms with E-state index in [2.05, 4.69) is 25.4 Å². The van der Waals surface area contributed by atoms with Gasteiger partial charge < -0.3 is 21.5 Å². The van der Waals surface area contributed by atoms with Gasteiger partial charge in [-0.3, -0.25) is 9.59 Å². The number of ether oxygens (including phenoxy) is 1. The number of carbonyl (C=O) groups excluding carboxylic acids is 2. The van der Waals surface area contributed by atoms with Gasteiger partial charge in [0.15, 0.2) is 5.78 Å². The van der Waals surface area contributed by atoms with Crippen molar-refractivity contribution in [2.24, 2.45) is 17.4 Å². The van der Waals surface area contributed by atoms with Gasteiger partial charge in [0.2, 0.25) is 0 Å². The van der Waals surface area contributed by atoms with Crippen LogP contribution in [0.4, 0.5) is 4.39 Å². The zero-order valence-electron chi connectivity index (χ0n) is 24.7. The van der Waals surface area contributed by atoms with Crippen molar-refractivity contribution in [2.45, 2.75) is 78.8 Å². The lowest BCUT2D eigenvalue weighted by Crippen LogP contribution is -2.35. The summed E-state index contributed by atoms with van der Waals surface area (Å²) >= 11 is 0. The lowest BCUT2D eigenvalue weighted by molar-refractivity contribution is -0.147. The number of hydrogen-bond donors (Lipinski definition) is 3. The van der Waals surface area contributed by atoms with E-state index in [1.54, 1.807) is 0 Å². The second kappa shape index (κ2) is 12.0. The van der Waals surface area contributed by atoms with Gasteiger partial charge in [-0.05, 0) is 79.9 Å². The van der Waals surface area contributed by atoms with Gasteiger partial charge in [0, 0.05) is 40.9 Å². The number of esters is 1. The highest BCUT2D eigenvalue weighted by Crippen LogP contribution is 2.42. The number of aryl methyl sites for hydroxylation is 1. The van der Waals surface area contributed by atoms with Crippen LogP contribution in [0.15, 0.2) is 47.8 Å². The zero-order chi connectivity index (χ0) is 30.2. The highest BCUT2D eigenvalue weighted by molar-refractivity contribution is 5.98. The number of hydrogen-bond acceptors (Lipinski definition) is 7. The number of cyclic esters (lactones) is 1. The second-order valence-electron chi connectivity index (χ2n) is 11.2. The third kappa shape index (κ3) is 5.71. The Morgan fingerprint density at radius 3 is 2.63 bits per heavy atom. The summed E-state index contributed by atoms with van der Waals surface area (Å²) in [6.45, 7) is 17.1. The Morgan fingerprint density at radius 2 is 2.02 bits per heavy atom. The molecule has 41 heavy (non-hydrogen) atoms. The normalized spacial score (nSPS) is 19.7. The van der Waals surface area contributed by atoms with Gasteiger partial charge in [0.1, 0.15) is 12.4 Å². The molecule has 1 aromatic carbocycles. The topological polar surface area (TPSA) is 120 Å². The number of ketones is 1. The molecule has 1 aromatic heterocycles.